The van der Waals surface area contributed by atoms with Crippen molar-refractivity contribution in [2.24, 2.45) is 0 Å². The van der Waals surface area contributed by atoms with Crippen molar-refractivity contribution in [1.82, 2.24) is 9.80 Å². The zero-order valence-corrected chi connectivity index (χ0v) is 14.6. The summed E-state index contributed by atoms with van der Waals surface area (Å²) in [7, 11) is 0. The Labute approximate surface area is 149 Å². The first-order valence-electron chi connectivity index (χ1n) is 7.71. The predicted octanol–water partition coefficient (Wildman–Crippen LogP) is 1.61. The molecule has 0 saturated carbocycles. The minimum atomic E-state index is -0.616. The standard InChI is InChI=1S/C16H18Cl2N2O4/c1-8-11-4-9(15-12(22)3-2-10(17)16(15)18)5-20(11)13(23)6-19(8)14(24)7-21/h2-3,8-9,11,21-22H,4-7H2,1H3/t8-,9+,11+/m1/s1. The summed E-state index contributed by atoms with van der Waals surface area (Å²) in [6.45, 7) is 1.62. The number of hydrogen-bond acceptors (Lipinski definition) is 4. The maximum atomic E-state index is 12.4. The number of hydrogen-bond donors (Lipinski definition) is 2. The summed E-state index contributed by atoms with van der Waals surface area (Å²) in [5, 5.41) is 19.9. The molecule has 8 heteroatoms. The lowest BCUT2D eigenvalue weighted by molar-refractivity contribution is -0.152. The number of phenols is 1. The molecule has 2 saturated heterocycles. The largest absolute Gasteiger partial charge is 0.508 e. The summed E-state index contributed by atoms with van der Waals surface area (Å²) in [4.78, 5) is 27.4. The number of aromatic hydroxyl groups is 1. The van der Waals surface area contributed by atoms with Gasteiger partial charge < -0.3 is 20.0 Å². The topological polar surface area (TPSA) is 81.1 Å². The molecule has 0 aromatic heterocycles. The number of phenolic OH excluding ortho intramolecular Hbond substituents is 1. The normalized spacial score (nSPS) is 26.7. The lowest BCUT2D eigenvalue weighted by atomic mass is 9.92. The Morgan fingerprint density at radius 2 is 2.08 bits per heavy atom. The van der Waals surface area contributed by atoms with E-state index in [1.165, 1.54) is 17.0 Å². The summed E-state index contributed by atoms with van der Waals surface area (Å²) in [6.07, 6.45) is 0.565. The van der Waals surface area contributed by atoms with Gasteiger partial charge in [0, 0.05) is 24.1 Å². The van der Waals surface area contributed by atoms with E-state index in [4.69, 9.17) is 28.3 Å². The van der Waals surface area contributed by atoms with Crippen molar-refractivity contribution in [3.63, 3.8) is 0 Å². The number of nitrogens with zero attached hydrogens (tertiary/aromatic N) is 2. The Morgan fingerprint density at radius 1 is 1.38 bits per heavy atom. The Kier molecular flexibility index (Phi) is 4.64. The van der Waals surface area contributed by atoms with Crippen LogP contribution in [0.25, 0.3) is 0 Å². The molecule has 0 unspecified atom stereocenters. The van der Waals surface area contributed by atoms with E-state index in [0.29, 0.717) is 28.6 Å². The quantitative estimate of drug-likeness (QED) is 0.826. The Hall–Kier alpha value is -1.50. The zero-order chi connectivity index (χ0) is 17.6. The van der Waals surface area contributed by atoms with Gasteiger partial charge >= 0.3 is 0 Å². The van der Waals surface area contributed by atoms with E-state index in [2.05, 4.69) is 0 Å². The number of fused-ring (bicyclic) bond motifs is 1. The number of rotatable bonds is 2. The lowest BCUT2D eigenvalue weighted by Gasteiger charge is -2.42. The fourth-order valence-electron chi connectivity index (χ4n) is 3.76. The van der Waals surface area contributed by atoms with Gasteiger partial charge in [-0.15, -0.1) is 0 Å². The van der Waals surface area contributed by atoms with Crippen LogP contribution in [0.3, 0.4) is 0 Å². The maximum absolute atomic E-state index is 12.4. The van der Waals surface area contributed by atoms with Crippen LogP contribution in [-0.4, -0.2) is 63.6 Å². The SMILES string of the molecule is C[C@@H]1[C@@H]2C[C@H](c3c(O)ccc(Cl)c3Cl)CN2C(=O)CN1C(=O)CO. The molecule has 2 amide bonds. The van der Waals surface area contributed by atoms with E-state index in [-0.39, 0.29) is 36.2 Å². The fourth-order valence-corrected chi connectivity index (χ4v) is 4.24. The number of aliphatic hydroxyl groups is 1. The van der Waals surface area contributed by atoms with E-state index in [1.807, 2.05) is 6.92 Å². The minimum Gasteiger partial charge on any atom is -0.508 e. The van der Waals surface area contributed by atoms with Crippen LogP contribution in [0.2, 0.25) is 10.0 Å². The van der Waals surface area contributed by atoms with Gasteiger partial charge in [0.25, 0.3) is 0 Å². The molecule has 0 aliphatic carbocycles. The highest BCUT2D eigenvalue weighted by atomic mass is 35.5. The third-order valence-corrected chi connectivity index (χ3v) is 5.81. The maximum Gasteiger partial charge on any atom is 0.249 e. The second-order valence-corrected chi connectivity index (χ2v) is 7.05. The molecule has 1 aromatic carbocycles. The van der Waals surface area contributed by atoms with Gasteiger partial charge in [-0.25, -0.2) is 0 Å². The molecule has 1 aromatic rings. The monoisotopic (exact) mass is 372 g/mol. The van der Waals surface area contributed by atoms with Gasteiger partial charge in [0.05, 0.1) is 16.1 Å². The second kappa shape index (κ2) is 6.43. The van der Waals surface area contributed by atoms with Crippen LogP contribution < -0.4 is 0 Å². The molecule has 3 rings (SSSR count). The predicted molar refractivity (Wildman–Crippen MR) is 89.2 cm³/mol. The van der Waals surface area contributed by atoms with E-state index in [1.54, 1.807) is 4.90 Å². The smallest absolute Gasteiger partial charge is 0.249 e. The zero-order valence-electron chi connectivity index (χ0n) is 13.1. The average Bonchev–Trinajstić information content (AvgIpc) is 3.00. The summed E-state index contributed by atoms with van der Waals surface area (Å²) in [5.74, 6) is -0.725. The van der Waals surface area contributed by atoms with Crippen LogP contribution in [0.5, 0.6) is 5.75 Å². The van der Waals surface area contributed by atoms with Crippen molar-refractivity contribution in [2.75, 3.05) is 19.7 Å². The first kappa shape index (κ1) is 17.3. The number of piperazine rings is 1. The van der Waals surface area contributed by atoms with Gasteiger partial charge in [0.15, 0.2) is 0 Å². The molecule has 6 nitrogen and oxygen atoms in total. The molecule has 0 spiro atoms. The van der Waals surface area contributed by atoms with Crippen LogP contribution in [0.1, 0.15) is 24.8 Å². The van der Waals surface area contributed by atoms with Gasteiger partial charge in [0.2, 0.25) is 11.8 Å². The van der Waals surface area contributed by atoms with Crippen molar-refractivity contribution in [3.05, 3.63) is 27.7 Å². The molecule has 2 aliphatic heterocycles. The summed E-state index contributed by atoms with van der Waals surface area (Å²) < 4.78 is 0. The number of halogens is 2. The van der Waals surface area contributed by atoms with E-state index in [0.717, 1.165) is 0 Å². The molecular formula is C16H18Cl2N2O4. The summed E-state index contributed by atoms with van der Waals surface area (Å²) >= 11 is 12.3. The molecule has 2 aliphatic rings. The molecule has 24 heavy (non-hydrogen) atoms. The van der Waals surface area contributed by atoms with Crippen LogP contribution in [0.15, 0.2) is 12.1 Å². The highest BCUT2D eigenvalue weighted by Crippen LogP contribution is 2.44. The molecule has 0 radical (unpaired) electrons. The molecular weight excluding hydrogens is 355 g/mol. The number of amides is 2. The third kappa shape index (κ3) is 2.72. The molecule has 2 N–H and O–H groups in total. The fraction of sp³-hybridized carbons (Fsp3) is 0.500. The van der Waals surface area contributed by atoms with Gasteiger partial charge in [-0.05, 0) is 25.5 Å². The van der Waals surface area contributed by atoms with Crippen molar-refractivity contribution in [3.8, 4) is 5.75 Å². The lowest BCUT2D eigenvalue weighted by Crippen LogP contribution is -2.60. The number of aliphatic hydroxyl groups excluding tert-OH is 1. The van der Waals surface area contributed by atoms with E-state index >= 15 is 0 Å². The highest BCUT2D eigenvalue weighted by Gasteiger charge is 2.46. The molecule has 2 fully saturated rings. The van der Waals surface area contributed by atoms with Crippen LogP contribution in [0.4, 0.5) is 0 Å². The minimum absolute atomic E-state index is 0.0426. The number of carbonyl (C=O) groups is 2. The van der Waals surface area contributed by atoms with Crippen LogP contribution >= 0.6 is 23.2 Å². The highest BCUT2D eigenvalue weighted by molar-refractivity contribution is 6.42. The average molecular weight is 373 g/mol. The van der Waals surface area contributed by atoms with Crippen molar-refractivity contribution in [2.45, 2.75) is 31.3 Å². The number of carbonyl (C=O) groups excluding carboxylic acids is 2. The van der Waals surface area contributed by atoms with Gasteiger partial charge in [-0.2, -0.15) is 0 Å². The summed E-state index contributed by atoms with van der Waals surface area (Å²) in [6, 6.07) is 2.63. The summed E-state index contributed by atoms with van der Waals surface area (Å²) in [5.41, 5.74) is 0.540. The first-order chi connectivity index (χ1) is 11.3. The number of benzene rings is 1. The molecule has 130 valence electrons. The molecule has 0 bridgehead atoms. The Morgan fingerprint density at radius 3 is 2.75 bits per heavy atom. The van der Waals surface area contributed by atoms with Gasteiger partial charge in [-0.3, -0.25) is 9.59 Å². The van der Waals surface area contributed by atoms with Crippen molar-refractivity contribution >= 4 is 35.0 Å². The van der Waals surface area contributed by atoms with Crippen molar-refractivity contribution < 1.29 is 19.8 Å². The first-order valence-corrected chi connectivity index (χ1v) is 8.47. The Bertz CT molecular complexity index is 697. The van der Waals surface area contributed by atoms with Gasteiger partial charge in [-0.1, -0.05) is 23.2 Å². The Balaban J connectivity index is 1.90. The van der Waals surface area contributed by atoms with E-state index in [9.17, 15) is 14.7 Å². The third-order valence-electron chi connectivity index (χ3n) is 4.99. The van der Waals surface area contributed by atoms with E-state index < -0.39 is 12.5 Å². The second-order valence-electron chi connectivity index (χ2n) is 6.26. The van der Waals surface area contributed by atoms with Crippen LogP contribution in [-0.2, 0) is 9.59 Å². The van der Waals surface area contributed by atoms with Crippen molar-refractivity contribution in [1.29, 1.82) is 0 Å². The van der Waals surface area contributed by atoms with Gasteiger partial charge in [0.1, 0.15) is 18.9 Å². The molecule has 3 atom stereocenters. The molecule has 2 heterocycles. The van der Waals surface area contributed by atoms with Crippen LogP contribution in [0, 0.1) is 0 Å².